The quantitative estimate of drug-likeness (QED) is 0.764. The van der Waals surface area contributed by atoms with Crippen LogP contribution in [-0.4, -0.2) is 11.0 Å². The largest absolute Gasteiger partial charge is 0.444 e. The van der Waals surface area contributed by atoms with Crippen LogP contribution in [0, 0.1) is 18.3 Å². The molecule has 2 unspecified atom stereocenters. The Bertz CT molecular complexity index is 313. The fraction of sp³-hybridized carbons (Fsp3) is 0.556. The maximum absolute atomic E-state index is 8.57. The second-order valence-corrected chi connectivity index (χ2v) is 3.05. The number of hydrogen-bond acceptors (Lipinski definition) is 4. The van der Waals surface area contributed by atoms with E-state index in [1.807, 2.05) is 13.8 Å². The van der Waals surface area contributed by atoms with Gasteiger partial charge in [0.05, 0.1) is 24.3 Å². The Labute approximate surface area is 77.6 Å². The number of rotatable bonds is 3. The van der Waals surface area contributed by atoms with Crippen molar-refractivity contribution in [2.75, 3.05) is 0 Å². The summed E-state index contributed by atoms with van der Waals surface area (Å²) in [6.07, 6.45) is 1.67. The van der Waals surface area contributed by atoms with Crippen LogP contribution in [0.1, 0.15) is 31.5 Å². The van der Waals surface area contributed by atoms with Crippen LogP contribution >= 0.6 is 0 Å². The molecule has 0 bridgehead atoms. The first-order valence-electron chi connectivity index (χ1n) is 4.21. The SMILES string of the molecule is Cc1cnc(C(C)NC(C)C#N)o1. The van der Waals surface area contributed by atoms with Crippen LogP contribution in [0.2, 0.25) is 0 Å². The molecule has 1 rings (SSSR count). The molecule has 0 aliphatic rings. The van der Waals surface area contributed by atoms with Crippen molar-refractivity contribution in [1.29, 1.82) is 5.26 Å². The van der Waals surface area contributed by atoms with Crippen LogP contribution in [0.3, 0.4) is 0 Å². The molecular weight excluding hydrogens is 166 g/mol. The van der Waals surface area contributed by atoms with Gasteiger partial charge in [-0.2, -0.15) is 5.26 Å². The van der Waals surface area contributed by atoms with Crippen LogP contribution in [0.15, 0.2) is 10.6 Å². The molecule has 1 aromatic heterocycles. The number of oxazole rings is 1. The van der Waals surface area contributed by atoms with E-state index in [9.17, 15) is 0 Å². The van der Waals surface area contributed by atoms with Crippen molar-refractivity contribution >= 4 is 0 Å². The molecule has 0 aliphatic carbocycles. The summed E-state index contributed by atoms with van der Waals surface area (Å²) in [5.74, 6) is 1.41. The molecule has 4 heteroatoms. The number of hydrogen-bond donors (Lipinski definition) is 1. The number of nitriles is 1. The van der Waals surface area contributed by atoms with Crippen molar-refractivity contribution < 1.29 is 4.42 Å². The molecule has 0 fully saturated rings. The molecule has 0 saturated heterocycles. The first-order valence-corrected chi connectivity index (χ1v) is 4.21. The van der Waals surface area contributed by atoms with Gasteiger partial charge in [0, 0.05) is 0 Å². The maximum atomic E-state index is 8.57. The fourth-order valence-corrected chi connectivity index (χ4v) is 1.06. The summed E-state index contributed by atoms with van der Waals surface area (Å²) in [4.78, 5) is 4.06. The van der Waals surface area contributed by atoms with E-state index < -0.39 is 0 Å². The molecule has 0 aromatic carbocycles. The summed E-state index contributed by atoms with van der Waals surface area (Å²) < 4.78 is 5.31. The summed E-state index contributed by atoms with van der Waals surface area (Å²) >= 11 is 0. The molecule has 4 nitrogen and oxygen atoms in total. The Hall–Kier alpha value is -1.34. The molecule has 0 amide bonds. The van der Waals surface area contributed by atoms with Gasteiger partial charge in [0.2, 0.25) is 5.89 Å². The first kappa shape index (κ1) is 9.75. The van der Waals surface area contributed by atoms with E-state index in [0.717, 1.165) is 5.76 Å². The van der Waals surface area contributed by atoms with Gasteiger partial charge in [-0.15, -0.1) is 0 Å². The van der Waals surface area contributed by atoms with E-state index in [2.05, 4.69) is 16.4 Å². The minimum Gasteiger partial charge on any atom is -0.444 e. The van der Waals surface area contributed by atoms with Crippen molar-refractivity contribution in [3.8, 4) is 6.07 Å². The Kier molecular flexibility index (Phi) is 3.04. The normalized spacial score (nSPS) is 14.9. The fourth-order valence-electron chi connectivity index (χ4n) is 1.06. The standard InChI is InChI=1S/C9H13N3O/c1-6(4-10)12-8(3)9-11-5-7(2)13-9/h5-6,8,12H,1-3H3. The first-order chi connectivity index (χ1) is 6.13. The summed E-state index contributed by atoms with van der Waals surface area (Å²) in [5.41, 5.74) is 0. The maximum Gasteiger partial charge on any atom is 0.211 e. The van der Waals surface area contributed by atoms with Gasteiger partial charge >= 0.3 is 0 Å². The van der Waals surface area contributed by atoms with E-state index in [1.165, 1.54) is 0 Å². The Morgan fingerprint density at radius 2 is 2.31 bits per heavy atom. The molecule has 0 radical (unpaired) electrons. The highest BCUT2D eigenvalue weighted by Gasteiger charge is 2.12. The average Bonchev–Trinajstić information content (AvgIpc) is 2.51. The van der Waals surface area contributed by atoms with Crippen molar-refractivity contribution in [3.05, 3.63) is 17.8 Å². The molecule has 0 saturated carbocycles. The topological polar surface area (TPSA) is 61.9 Å². The monoisotopic (exact) mass is 179 g/mol. The van der Waals surface area contributed by atoms with Crippen molar-refractivity contribution in [3.63, 3.8) is 0 Å². The molecular formula is C9H13N3O. The average molecular weight is 179 g/mol. The zero-order chi connectivity index (χ0) is 9.84. The Morgan fingerprint density at radius 3 is 2.77 bits per heavy atom. The Morgan fingerprint density at radius 1 is 1.62 bits per heavy atom. The van der Waals surface area contributed by atoms with Crippen LogP contribution < -0.4 is 5.32 Å². The van der Waals surface area contributed by atoms with Gasteiger partial charge in [0.1, 0.15) is 5.76 Å². The second-order valence-electron chi connectivity index (χ2n) is 3.05. The summed E-state index contributed by atoms with van der Waals surface area (Å²) in [6.45, 7) is 5.56. The van der Waals surface area contributed by atoms with E-state index in [0.29, 0.717) is 5.89 Å². The van der Waals surface area contributed by atoms with Crippen LogP contribution in [0.4, 0.5) is 0 Å². The zero-order valence-corrected chi connectivity index (χ0v) is 8.03. The summed E-state index contributed by atoms with van der Waals surface area (Å²) in [6, 6.07) is 1.87. The van der Waals surface area contributed by atoms with Crippen LogP contribution in [0.25, 0.3) is 0 Å². The highest BCUT2D eigenvalue weighted by molar-refractivity contribution is 4.97. The number of nitrogens with zero attached hydrogens (tertiary/aromatic N) is 2. The van der Waals surface area contributed by atoms with Gasteiger partial charge in [-0.3, -0.25) is 5.32 Å². The summed E-state index contributed by atoms with van der Waals surface area (Å²) in [5, 5.41) is 11.6. The minimum absolute atomic E-state index is 0.0247. The number of aryl methyl sites for hydroxylation is 1. The van der Waals surface area contributed by atoms with E-state index in [4.69, 9.17) is 9.68 Å². The lowest BCUT2D eigenvalue weighted by atomic mass is 10.3. The summed E-state index contributed by atoms with van der Waals surface area (Å²) in [7, 11) is 0. The van der Waals surface area contributed by atoms with Gasteiger partial charge < -0.3 is 4.42 Å². The van der Waals surface area contributed by atoms with Gasteiger partial charge in [0.15, 0.2) is 0 Å². The number of aromatic nitrogens is 1. The predicted octanol–water partition coefficient (Wildman–Crippen LogP) is 1.55. The zero-order valence-electron chi connectivity index (χ0n) is 8.03. The number of nitrogens with one attached hydrogen (secondary N) is 1. The molecule has 13 heavy (non-hydrogen) atoms. The molecule has 2 atom stereocenters. The van der Waals surface area contributed by atoms with E-state index >= 15 is 0 Å². The highest BCUT2D eigenvalue weighted by Crippen LogP contribution is 2.12. The smallest absolute Gasteiger partial charge is 0.211 e. The lowest BCUT2D eigenvalue weighted by Gasteiger charge is -2.10. The lowest BCUT2D eigenvalue weighted by molar-refractivity contribution is 0.395. The van der Waals surface area contributed by atoms with Crippen molar-refractivity contribution in [2.24, 2.45) is 0 Å². The van der Waals surface area contributed by atoms with Gasteiger partial charge in [-0.05, 0) is 20.8 Å². The second kappa shape index (κ2) is 4.06. The van der Waals surface area contributed by atoms with Crippen LogP contribution in [-0.2, 0) is 0 Å². The van der Waals surface area contributed by atoms with Crippen LogP contribution in [0.5, 0.6) is 0 Å². The molecule has 70 valence electrons. The molecule has 0 spiro atoms. The molecule has 0 aliphatic heterocycles. The van der Waals surface area contributed by atoms with Gasteiger partial charge in [0.25, 0.3) is 0 Å². The van der Waals surface area contributed by atoms with Gasteiger partial charge in [-0.25, -0.2) is 4.98 Å². The molecule has 1 aromatic rings. The van der Waals surface area contributed by atoms with Crippen molar-refractivity contribution in [2.45, 2.75) is 32.9 Å². The lowest BCUT2D eigenvalue weighted by Crippen LogP contribution is -2.27. The highest BCUT2D eigenvalue weighted by atomic mass is 16.4. The molecule has 1 N–H and O–H groups in total. The van der Waals surface area contributed by atoms with Gasteiger partial charge in [-0.1, -0.05) is 0 Å². The molecule has 1 heterocycles. The predicted molar refractivity (Wildman–Crippen MR) is 47.9 cm³/mol. The van der Waals surface area contributed by atoms with Crippen molar-refractivity contribution in [1.82, 2.24) is 10.3 Å². The van der Waals surface area contributed by atoms with E-state index in [-0.39, 0.29) is 12.1 Å². The third kappa shape index (κ3) is 2.56. The Balaban J connectivity index is 2.59. The third-order valence-corrected chi connectivity index (χ3v) is 1.70. The van der Waals surface area contributed by atoms with E-state index in [1.54, 1.807) is 13.1 Å². The minimum atomic E-state index is -0.192. The third-order valence-electron chi connectivity index (χ3n) is 1.70.